The molecule has 0 aliphatic rings. The average Bonchev–Trinajstić information content (AvgIpc) is 2.85. The van der Waals surface area contributed by atoms with Crippen LogP contribution in [0.2, 0.25) is 0 Å². The summed E-state index contributed by atoms with van der Waals surface area (Å²) in [6, 6.07) is 12.7. The molecule has 0 fully saturated rings. The molecule has 25 heavy (non-hydrogen) atoms. The molecule has 1 N–H and O–H groups in total. The maximum atomic E-state index is 10.6. The molecule has 3 rings (SSSR count). The van der Waals surface area contributed by atoms with Gasteiger partial charge in [-0.2, -0.15) is 0 Å². The second-order valence-electron chi connectivity index (χ2n) is 6.70. The van der Waals surface area contributed by atoms with Crippen molar-refractivity contribution in [2.45, 2.75) is 32.4 Å². The van der Waals surface area contributed by atoms with Gasteiger partial charge in [0.15, 0.2) is 0 Å². The topological polar surface area (TPSA) is 28.4 Å². The van der Waals surface area contributed by atoms with Crippen LogP contribution in [0, 0.1) is 0 Å². The highest BCUT2D eigenvalue weighted by Crippen LogP contribution is 2.33. The van der Waals surface area contributed by atoms with E-state index in [0.717, 1.165) is 26.5 Å². The van der Waals surface area contributed by atoms with Crippen LogP contribution in [-0.4, -0.2) is 40.8 Å². The van der Waals surface area contributed by atoms with Crippen molar-refractivity contribution in [3.63, 3.8) is 0 Å². The van der Waals surface area contributed by atoms with Crippen molar-refractivity contribution in [3.8, 4) is 0 Å². The number of benzene rings is 2. The van der Waals surface area contributed by atoms with E-state index in [1.807, 2.05) is 0 Å². The Kier molecular flexibility index (Phi) is 6.21. The largest absolute Gasteiger partial charge is 0.390 e. The third kappa shape index (κ3) is 4.27. The first-order chi connectivity index (χ1) is 12.0. The number of unbranched alkanes of at least 4 members (excludes halogenated alkanes) is 1. The molecule has 0 saturated carbocycles. The lowest BCUT2D eigenvalue weighted by atomic mass is 10.2. The summed E-state index contributed by atoms with van der Waals surface area (Å²) in [5.74, 6) is 0. The van der Waals surface area contributed by atoms with Crippen molar-refractivity contribution >= 4 is 53.7 Å². The fraction of sp³-hybridized carbons (Fsp3) is 0.400. The molecule has 0 spiro atoms. The first kappa shape index (κ1) is 18.9. The molecule has 1 aromatic heterocycles. The normalized spacial score (nSPS) is 13.2. The molecular weight excluding hydrogens is 444 g/mol. The fourth-order valence-corrected chi connectivity index (χ4v) is 4.11. The van der Waals surface area contributed by atoms with Crippen LogP contribution in [0.15, 0.2) is 45.3 Å². The molecule has 2 aromatic carbocycles. The first-order valence-corrected chi connectivity index (χ1v) is 10.3. The smallest absolute Gasteiger partial charge is 0.0845 e. The summed E-state index contributed by atoms with van der Waals surface area (Å²) in [5, 5.41) is 13.0. The van der Waals surface area contributed by atoms with Gasteiger partial charge in [0.1, 0.15) is 0 Å². The third-order valence-electron chi connectivity index (χ3n) is 4.60. The minimum absolute atomic E-state index is 0.395. The Hall–Kier alpha value is -0.880. The molecule has 3 aromatic rings. The van der Waals surface area contributed by atoms with Crippen molar-refractivity contribution < 1.29 is 5.11 Å². The summed E-state index contributed by atoms with van der Waals surface area (Å²) >= 11 is 7.15. The van der Waals surface area contributed by atoms with Gasteiger partial charge in [-0.05, 0) is 56.4 Å². The summed E-state index contributed by atoms with van der Waals surface area (Å²) in [5.41, 5.74) is 2.32. The highest BCUT2D eigenvalue weighted by atomic mass is 79.9. The van der Waals surface area contributed by atoms with E-state index in [-0.39, 0.29) is 0 Å². The predicted molar refractivity (Wildman–Crippen MR) is 113 cm³/mol. The van der Waals surface area contributed by atoms with E-state index < -0.39 is 6.10 Å². The van der Waals surface area contributed by atoms with Gasteiger partial charge in [-0.1, -0.05) is 45.2 Å². The Morgan fingerprint density at radius 2 is 1.60 bits per heavy atom. The number of likely N-dealkylation sites (N-methyl/N-ethyl adjacent to an activating group) is 1. The zero-order valence-corrected chi connectivity index (χ0v) is 17.8. The monoisotopic (exact) mass is 466 g/mol. The van der Waals surface area contributed by atoms with Crippen molar-refractivity contribution in [1.82, 2.24) is 9.47 Å². The molecule has 0 bridgehead atoms. The Morgan fingerprint density at radius 1 is 1.04 bits per heavy atom. The van der Waals surface area contributed by atoms with Gasteiger partial charge >= 0.3 is 0 Å². The second kappa shape index (κ2) is 8.21. The number of halogens is 2. The number of hydrogen-bond donors (Lipinski definition) is 1. The van der Waals surface area contributed by atoms with Gasteiger partial charge in [0.05, 0.1) is 12.6 Å². The van der Waals surface area contributed by atoms with Crippen LogP contribution < -0.4 is 0 Å². The van der Waals surface area contributed by atoms with E-state index in [4.69, 9.17) is 0 Å². The molecule has 5 heteroatoms. The van der Waals surface area contributed by atoms with Gasteiger partial charge < -0.3 is 14.6 Å². The number of aromatic nitrogens is 1. The Bertz CT molecular complexity index is 816. The average molecular weight is 468 g/mol. The van der Waals surface area contributed by atoms with Crippen LogP contribution in [0.4, 0.5) is 0 Å². The molecule has 0 amide bonds. The quantitative estimate of drug-likeness (QED) is 0.503. The minimum atomic E-state index is -0.395. The van der Waals surface area contributed by atoms with Crippen LogP contribution in [0.1, 0.15) is 19.8 Å². The van der Waals surface area contributed by atoms with Gasteiger partial charge in [0.25, 0.3) is 0 Å². The van der Waals surface area contributed by atoms with Crippen molar-refractivity contribution in [3.05, 3.63) is 45.3 Å². The number of hydrogen-bond acceptors (Lipinski definition) is 2. The number of aliphatic hydroxyl groups is 1. The highest BCUT2D eigenvalue weighted by Gasteiger charge is 2.15. The van der Waals surface area contributed by atoms with E-state index >= 15 is 0 Å². The van der Waals surface area contributed by atoms with Gasteiger partial charge in [-0.15, -0.1) is 0 Å². The SMILES string of the molecule is CCCCN(C)C[C@@H](O)Cn1c2ccc(Br)cc2c2cc(Br)ccc21. The summed E-state index contributed by atoms with van der Waals surface area (Å²) in [4.78, 5) is 2.22. The number of fused-ring (bicyclic) bond motifs is 3. The van der Waals surface area contributed by atoms with E-state index in [1.54, 1.807) is 0 Å². The predicted octanol–water partition coefficient (Wildman–Crippen LogP) is 5.41. The molecule has 3 nitrogen and oxygen atoms in total. The molecule has 0 radical (unpaired) electrons. The molecule has 0 saturated heterocycles. The lowest BCUT2D eigenvalue weighted by Crippen LogP contribution is -2.32. The van der Waals surface area contributed by atoms with Crippen LogP contribution in [0.3, 0.4) is 0 Å². The van der Waals surface area contributed by atoms with Crippen LogP contribution >= 0.6 is 31.9 Å². The molecule has 0 unspecified atom stereocenters. The summed E-state index contributed by atoms with van der Waals surface area (Å²) < 4.78 is 4.37. The lowest BCUT2D eigenvalue weighted by molar-refractivity contribution is 0.111. The van der Waals surface area contributed by atoms with Crippen molar-refractivity contribution in [2.24, 2.45) is 0 Å². The molecule has 0 aliphatic heterocycles. The number of rotatable bonds is 7. The summed E-state index contributed by atoms with van der Waals surface area (Å²) in [6.07, 6.45) is 1.95. The molecule has 1 heterocycles. The van der Waals surface area contributed by atoms with E-state index in [0.29, 0.717) is 13.1 Å². The Morgan fingerprint density at radius 3 is 2.12 bits per heavy atom. The van der Waals surface area contributed by atoms with E-state index in [1.165, 1.54) is 23.6 Å². The summed E-state index contributed by atoms with van der Waals surface area (Å²) in [6.45, 7) is 4.51. The summed E-state index contributed by atoms with van der Waals surface area (Å²) in [7, 11) is 2.08. The Balaban J connectivity index is 1.94. The third-order valence-corrected chi connectivity index (χ3v) is 5.58. The van der Waals surface area contributed by atoms with E-state index in [9.17, 15) is 5.11 Å². The number of aliphatic hydroxyl groups excluding tert-OH is 1. The Labute approximate surface area is 165 Å². The molecule has 0 aliphatic carbocycles. The standard InChI is InChI=1S/C20H24Br2N2O/c1-3-4-9-23(2)12-16(25)13-24-19-7-5-14(21)10-17(19)18-11-15(22)6-8-20(18)24/h5-8,10-11,16,25H,3-4,9,12-13H2,1-2H3/t16-/m1/s1. The zero-order chi connectivity index (χ0) is 18.0. The van der Waals surface area contributed by atoms with E-state index in [2.05, 4.69) is 91.7 Å². The van der Waals surface area contributed by atoms with Crippen LogP contribution in [-0.2, 0) is 6.54 Å². The maximum Gasteiger partial charge on any atom is 0.0845 e. The highest BCUT2D eigenvalue weighted by molar-refractivity contribution is 9.10. The maximum absolute atomic E-state index is 10.6. The zero-order valence-electron chi connectivity index (χ0n) is 14.7. The first-order valence-electron chi connectivity index (χ1n) is 8.73. The number of nitrogens with zero attached hydrogens (tertiary/aromatic N) is 2. The van der Waals surface area contributed by atoms with Gasteiger partial charge in [0, 0.05) is 37.3 Å². The van der Waals surface area contributed by atoms with Gasteiger partial charge in [0.2, 0.25) is 0 Å². The second-order valence-corrected chi connectivity index (χ2v) is 8.53. The molecule has 134 valence electrons. The van der Waals surface area contributed by atoms with Crippen LogP contribution in [0.5, 0.6) is 0 Å². The van der Waals surface area contributed by atoms with Crippen LogP contribution in [0.25, 0.3) is 21.8 Å². The van der Waals surface area contributed by atoms with Crippen molar-refractivity contribution in [2.75, 3.05) is 20.1 Å². The fourth-order valence-electron chi connectivity index (χ4n) is 3.39. The molecular formula is C20H24Br2N2O. The molecule has 1 atom stereocenters. The van der Waals surface area contributed by atoms with Crippen molar-refractivity contribution in [1.29, 1.82) is 0 Å². The van der Waals surface area contributed by atoms with Gasteiger partial charge in [-0.3, -0.25) is 0 Å². The minimum Gasteiger partial charge on any atom is -0.390 e. The van der Waals surface area contributed by atoms with Gasteiger partial charge in [-0.25, -0.2) is 0 Å². The lowest BCUT2D eigenvalue weighted by Gasteiger charge is -2.21.